The number of nitriles is 1. The summed E-state index contributed by atoms with van der Waals surface area (Å²) >= 11 is 1.27. The average Bonchev–Trinajstić information content (AvgIpc) is 3.16. The van der Waals surface area contributed by atoms with E-state index in [1.165, 1.54) is 11.8 Å². The molecule has 0 bridgehead atoms. The summed E-state index contributed by atoms with van der Waals surface area (Å²) in [5.74, 6) is 0.0759. The molecule has 3 aromatic rings. The summed E-state index contributed by atoms with van der Waals surface area (Å²) in [7, 11) is 0. The summed E-state index contributed by atoms with van der Waals surface area (Å²) in [4.78, 5) is 14.4. The van der Waals surface area contributed by atoms with Crippen molar-refractivity contribution in [3.8, 4) is 11.8 Å². The maximum atomic E-state index is 12.8. The minimum atomic E-state index is -0.0973. The highest BCUT2D eigenvalue weighted by atomic mass is 32.2. The Morgan fingerprint density at radius 2 is 1.93 bits per heavy atom. The summed E-state index contributed by atoms with van der Waals surface area (Å²) in [6.07, 6.45) is 0.270. The van der Waals surface area contributed by atoms with Crippen LogP contribution >= 0.6 is 11.8 Å². The van der Waals surface area contributed by atoms with Crippen molar-refractivity contribution in [2.45, 2.75) is 18.5 Å². The van der Waals surface area contributed by atoms with Gasteiger partial charge < -0.3 is 4.90 Å². The lowest BCUT2D eigenvalue weighted by molar-refractivity contribution is -0.116. The van der Waals surface area contributed by atoms with Gasteiger partial charge in [0.15, 0.2) is 0 Å². The topological polar surface area (TPSA) is 87.7 Å². The van der Waals surface area contributed by atoms with E-state index in [1.807, 2.05) is 61.5 Å². The van der Waals surface area contributed by atoms with Crippen LogP contribution in [0.1, 0.15) is 12.0 Å². The highest BCUT2D eigenvalue weighted by Gasteiger charge is 2.18. The van der Waals surface area contributed by atoms with Crippen LogP contribution < -0.4 is 4.90 Å². The Labute approximate surface area is 161 Å². The second kappa shape index (κ2) is 8.96. The van der Waals surface area contributed by atoms with Crippen molar-refractivity contribution in [1.29, 1.82) is 5.26 Å². The van der Waals surface area contributed by atoms with Gasteiger partial charge in [0.1, 0.15) is 0 Å². The number of tetrazole rings is 1. The summed E-state index contributed by atoms with van der Waals surface area (Å²) < 4.78 is 1.61. The summed E-state index contributed by atoms with van der Waals surface area (Å²) in [5, 5.41) is 21.2. The van der Waals surface area contributed by atoms with E-state index in [0.29, 0.717) is 11.7 Å². The van der Waals surface area contributed by atoms with Crippen LogP contribution in [0.2, 0.25) is 0 Å². The normalized spacial score (nSPS) is 10.4. The quantitative estimate of drug-likeness (QED) is 0.587. The number of aryl methyl sites for hydroxylation is 1. The molecule has 0 atom stereocenters. The summed E-state index contributed by atoms with van der Waals surface area (Å²) in [6.45, 7) is 2.36. The third-order valence-corrected chi connectivity index (χ3v) is 4.76. The molecule has 0 fully saturated rings. The predicted octanol–water partition coefficient (Wildman–Crippen LogP) is 3.01. The molecule has 0 unspecified atom stereocenters. The van der Waals surface area contributed by atoms with Crippen LogP contribution in [0.3, 0.4) is 0 Å². The maximum absolute atomic E-state index is 12.8. The van der Waals surface area contributed by atoms with Crippen molar-refractivity contribution >= 4 is 23.4 Å². The van der Waals surface area contributed by atoms with Gasteiger partial charge in [-0.3, -0.25) is 4.79 Å². The first-order valence-corrected chi connectivity index (χ1v) is 9.38. The number of thioether (sulfide) groups is 1. The lowest BCUT2D eigenvalue weighted by Gasteiger charge is -2.21. The fourth-order valence-electron chi connectivity index (χ4n) is 2.49. The molecule has 8 heteroatoms. The van der Waals surface area contributed by atoms with Crippen LogP contribution in [-0.4, -0.2) is 38.4 Å². The summed E-state index contributed by atoms with van der Waals surface area (Å²) in [6, 6.07) is 19.3. The standard InChI is InChI=1S/C19H18N6OS/c1-15-8-10-17(11-9-15)25-19(21-22-23-25)27-14-18(26)24(13-5-12-20)16-6-3-2-4-7-16/h2-4,6-11H,5,13-14H2,1H3. The van der Waals surface area contributed by atoms with Crippen LogP contribution in [-0.2, 0) is 4.79 Å². The Balaban J connectivity index is 1.72. The third-order valence-electron chi connectivity index (χ3n) is 3.86. The van der Waals surface area contributed by atoms with Crippen molar-refractivity contribution in [1.82, 2.24) is 20.2 Å². The van der Waals surface area contributed by atoms with Gasteiger partial charge in [0, 0.05) is 12.2 Å². The van der Waals surface area contributed by atoms with Gasteiger partial charge in [-0.1, -0.05) is 47.7 Å². The first-order valence-electron chi connectivity index (χ1n) is 8.39. The molecule has 0 aliphatic heterocycles. The Kier molecular flexibility index (Phi) is 6.18. The highest BCUT2D eigenvalue weighted by Crippen LogP contribution is 2.21. The number of benzene rings is 2. The first-order chi connectivity index (χ1) is 13.2. The number of aromatic nitrogens is 4. The second-order valence-electron chi connectivity index (χ2n) is 5.79. The van der Waals surface area contributed by atoms with Gasteiger partial charge >= 0.3 is 0 Å². The van der Waals surface area contributed by atoms with Crippen LogP contribution in [0, 0.1) is 18.3 Å². The SMILES string of the molecule is Cc1ccc(-n2nnnc2SCC(=O)N(CCC#N)c2ccccc2)cc1. The maximum Gasteiger partial charge on any atom is 0.237 e. The molecular weight excluding hydrogens is 360 g/mol. The largest absolute Gasteiger partial charge is 0.311 e. The molecule has 1 heterocycles. The molecule has 3 rings (SSSR count). The number of para-hydroxylation sites is 1. The lowest BCUT2D eigenvalue weighted by atomic mass is 10.2. The van der Waals surface area contributed by atoms with Gasteiger partial charge in [0.05, 0.1) is 23.9 Å². The van der Waals surface area contributed by atoms with Crippen LogP contribution in [0.25, 0.3) is 5.69 Å². The monoisotopic (exact) mass is 378 g/mol. The molecule has 0 saturated heterocycles. The zero-order valence-corrected chi connectivity index (χ0v) is 15.6. The fraction of sp³-hybridized carbons (Fsp3) is 0.211. The van der Waals surface area contributed by atoms with E-state index in [0.717, 1.165) is 16.9 Å². The Bertz CT molecular complexity index is 933. The van der Waals surface area contributed by atoms with Crippen molar-refractivity contribution in [3.63, 3.8) is 0 Å². The average molecular weight is 378 g/mol. The third kappa shape index (κ3) is 4.71. The lowest BCUT2D eigenvalue weighted by Crippen LogP contribution is -2.33. The Morgan fingerprint density at radius 3 is 2.63 bits per heavy atom. The van der Waals surface area contributed by atoms with Gasteiger partial charge in [-0.2, -0.15) is 9.94 Å². The van der Waals surface area contributed by atoms with Gasteiger partial charge in [-0.05, 0) is 41.6 Å². The molecule has 136 valence electrons. The molecule has 7 nitrogen and oxygen atoms in total. The minimum Gasteiger partial charge on any atom is -0.311 e. The molecule has 0 saturated carbocycles. The van der Waals surface area contributed by atoms with Gasteiger partial charge in [0.25, 0.3) is 0 Å². The zero-order chi connectivity index (χ0) is 19.1. The molecule has 27 heavy (non-hydrogen) atoms. The second-order valence-corrected chi connectivity index (χ2v) is 6.73. The zero-order valence-electron chi connectivity index (χ0n) is 14.8. The molecule has 1 aromatic heterocycles. The van der Waals surface area contributed by atoms with E-state index in [9.17, 15) is 4.79 Å². The fourth-order valence-corrected chi connectivity index (χ4v) is 3.26. The molecule has 0 aliphatic carbocycles. The summed E-state index contributed by atoms with van der Waals surface area (Å²) in [5.41, 5.74) is 2.76. The molecule has 0 aliphatic rings. The number of rotatable bonds is 7. The van der Waals surface area contributed by atoms with Gasteiger partial charge in [0.2, 0.25) is 11.1 Å². The van der Waals surface area contributed by atoms with Crippen molar-refractivity contribution in [2.75, 3.05) is 17.2 Å². The van der Waals surface area contributed by atoms with E-state index >= 15 is 0 Å². The van der Waals surface area contributed by atoms with Crippen molar-refractivity contribution in [3.05, 3.63) is 60.2 Å². The smallest absolute Gasteiger partial charge is 0.237 e. The van der Waals surface area contributed by atoms with Crippen LogP contribution in [0.15, 0.2) is 59.8 Å². The van der Waals surface area contributed by atoms with Crippen molar-refractivity contribution in [2.24, 2.45) is 0 Å². The number of carbonyl (C=O) groups is 1. The molecule has 0 N–H and O–H groups in total. The Hall–Kier alpha value is -3.18. The number of anilines is 1. The molecular formula is C19H18N6OS. The molecule has 0 spiro atoms. The predicted molar refractivity (Wildman–Crippen MR) is 104 cm³/mol. The van der Waals surface area contributed by atoms with Crippen LogP contribution in [0.5, 0.6) is 0 Å². The number of nitrogens with zero attached hydrogens (tertiary/aromatic N) is 6. The first kappa shape index (κ1) is 18.6. The number of amides is 1. The number of carbonyl (C=O) groups excluding carboxylic acids is 1. The van der Waals surface area contributed by atoms with Gasteiger partial charge in [-0.25, -0.2) is 0 Å². The molecule has 0 radical (unpaired) electrons. The van der Waals surface area contributed by atoms with Crippen molar-refractivity contribution < 1.29 is 4.79 Å². The number of hydrogen-bond acceptors (Lipinski definition) is 6. The molecule has 2 aromatic carbocycles. The van der Waals surface area contributed by atoms with Crippen LogP contribution in [0.4, 0.5) is 5.69 Å². The molecule has 1 amide bonds. The van der Waals surface area contributed by atoms with Gasteiger partial charge in [-0.15, -0.1) is 5.10 Å². The highest BCUT2D eigenvalue weighted by molar-refractivity contribution is 7.99. The van der Waals surface area contributed by atoms with E-state index in [4.69, 9.17) is 5.26 Å². The van der Waals surface area contributed by atoms with E-state index in [1.54, 1.807) is 9.58 Å². The van der Waals surface area contributed by atoms with E-state index in [2.05, 4.69) is 21.6 Å². The minimum absolute atomic E-state index is 0.0973. The van der Waals surface area contributed by atoms with E-state index < -0.39 is 0 Å². The Morgan fingerprint density at radius 1 is 1.19 bits per heavy atom. The van der Waals surface area contributed by atoms with E-state index in [-0.39, 0.29) is 18.1 Å². The number of hydrogen-bond donors (Lipinski definition) is 0.